The molecule has 1 aliphatic rings. The van der Waals surface area contributed by atoms with Crippen LogP contribution >= 0.6 is 11.8 Å². The SMILES string of the molecule is NCc1ccc2cc(C(=O)NC3CCC(N)CC3)n(Cc3cc(Sc4ccccc4)cc4ccccc34)c2c1. The fourth-order valence-electron chi connectivity index (χ4n) is 5.65. The van der Waals surface area contributed by atoms with Gasteiger partial charge in [0, 0.05) is 45.9 Å². The smallest absolute Gasteiger partial charge is 0.268 e. The Kier molecular flexibility index (Phi) is 7.42. The number of benzene rings is 4. The largest absolute Gasteiger partial charge is 0.348 e. The van der Waals surface area contributed by atoms with Crippen LogP contribution in [0, 0.1) is 0 Å². The van der Waals surface area contributed by atoms with E-state index in [4.69, 9.17) is 11.5 Å². The van der Waals surface area contributed by atoms with Gasteiger partial charge in [0.2, 0.25) is 0 Å². The number of rotatable bonds is 7. The van der Waals surface area contributed by atoms with Crippen molar-refractivity contribution >= 4 is 39.3 Å². The van der Waals surface area contributed by atoms with Crippen molar-refractivity contribution in [2.45, 2.75) is 60.6 Å². The number of nitrogens with zero attached hydrogens (tertiary/aromatic N) is 1. The third-order valence-corrected chi connectivity index (χ3v) is 8.75. The minimum absolute atomic E-state index is 0.0277. The highest BCUT2D eigenvalue weighted by Gasteiger charge is 2.23. The molecule has 5 nitrogen and oxygen atoms in total. The third kappa shape index (κ3) is 5.59. The van der Waals surface area contributed by atoms with E-state index in [9.17, 15) is 4.79 Å². The number of carbonyl (C=O) groups excluding carboxylic acids is 1. The standard InChI is InChI=1S/C33H34N4OS/c34-20-22-10-11-24-19-32(33(38)36-27-14-12-26(35)13-15-27)37(31(24)16-22)21-25-18-29(39-28-7-2-1-3-8-28)17-23-6-4-5-9-30(23)25/h1-11,16-19,26-27H,12-15,20-21,34-35H2,(H,36,38). The first kappa shape index (κ1) is 25.7. The molecule has 0 spiro atoms. The van der Waals surface area contributed by atoms with Crippen LogP contribution in [0.25, 0.3) is 21.7 Å². The van der Waals surface area contributed by atoms with Gasteiger partial charge in [-0.25, -0.2) is 0 Å². The summed E-state index contributed by atoms with van der Waals surface area (Å²) in [5.74, 6) is -0.0277. The van der Waals surface area contributed by atoms with Gasteiger partial charge in [-0.2, -0.15) is 0 Å². The molecule has 198 valence electrons. The van der Waals surface area contributed by atoms with E-state index in [2.05, 4.69) is 82.7 Å². The van der Waals surface area contributed by atoms with E-state index in [1.807, 2.05) is 18.2 Å². The van der Waals surface area contributed by atoms with Crippen LogP contribution in [0.5, 0.6) is 0 Å². The molecule has 0 saturated heterocycles. The van der Waals surface area contributed by atoms with E-state index in [0.29, 0.717) is 18.8 Å². The lowest BCUT2D eigenvalue weighted by atomic mass is 9.92. The maximum absolute atomic E-state index is 13.7. The van der Waals surface area contributed by atoms with Crippen LogP contribution in [0.15, 0.2) is 101 Å². The summed E-state index contributed by atoms with van der Waals surface area (Å²) in [5.41, 5.74) is 16.1. The molecule has 5 aromatic rings. The van der Waals surface area contributed by atoms with Gasteiger partial charge >= 0.3 is 0 Å². The molecule has 1 fully saturated rings. The lowest BCUT2D eigenvalue weighted by Crippen LogP contribution is -2.41. The van der Waals surface area contributed by atoms with Crippen molar-refractivity contribution in [1.82, 2.24) is 9.88 Å². The summed E-state index contributed by atoms with van der Waals surface area (Å²) in [6.45, 7) is 1.04. The summed E-state index contributed by atoms with van der Waals surface area (Å²) in [6.07, 6.45) is 3.75. The normalized spacial score (nSPS) is 17.5. The second kappa shape index (κ2) is 11.3. The average Bonchev–Trinajstić information content (AvgIpc) is 3.32. The van der Waals surface area contributed by atoms with Crippen molar-refractivity contribution in [2.24, 2.45) is 11.5 Å². The van der Waals surface area contributed by atoms with E-state index in [1.165, 1.54) is 26.1 Å². The number of hydrogen-bond donors (Lipinski definition) is 3. The number of amides is 1. The van der Waals surface area contributed by atoms with Crippen LogP contribution < -0.4 is 16.8 Å². The lowest BCUT2D eigenvalue weighted by Gasteiger charge is -2.27. The zero-order valence-electron chi connectivity index (χ0n) is 22.0. The highest BCUT2D eigenvalue weighted by molar-refractivity contribution is 7.99. The Balaban J connectivity index is 1.41. The van der Waals surface area contributed by atoms with Gasteiger partial charge in [0.25, 0.3) is 5.91 Å². The van der Waals surface area contributed by atoms with Gasteiger partial charge in [0.05, 0.1) is 0 Å². The molecule has 6 heteroatoms. The van der Waals surface area contributed by atoms with Crippen LogP contribution in [-0.4, -0.2) is 22.6 Å². The van der Waals surface area contributed by atoms with E-state index in [1.54, 1.807) is 11.8 Å². The number of aromatic nitrogens is 1. The van der Waals surface area contributed by atoms with Crippen LogP contribution in [0.3, 0.4) is 0 Å². The summed E-state index contributed by atoms with van der Waals surface area (Å²) in [4.78, 5) is 16.1. The summed E-state index contributed by atoms with van der Waals surface area (Å²) >= 11 is 1.76. The van der Waals surface area contributed by atoms with Crippen LogP contribution in [-0.2, 0) is 13.1 Å². The maximum atomic E-state index is 13.7. The van der Waals surface area contributed by atoms with Crippen LogP contribution in [0.4, 0.5) is 0 Å². The first-order valence-corrected chi connectivity index (χ1v) is 14.5. The molecular formula is C33H34N4OS. The number of carbonyl (C=O) groups is 1. The van der Waals surface area contributed by atoms with Crippen LogP contribution in [0.1, 0.15) is 47.3 Å². The molecule has 1 amide bonds. The molecular weight excluding hydrogens is 500 g/mol. The Morgan fingerprint density at radius 1 is 0.846 bits per heavy atom. The van der Waals surface area contributed by atoms with Gasteiger partial charge in [-0.3, -0.25) is 4.79 Å². The molecule has 0 unspecified atom stereocenters. The van der Waals surface area contributed by atoms with Crippen molar-refractivity contribution in [2.75, 3.05) is 0 Å². The molecule has 0 aliphatic heterocycles. The molecule has 1 aliphatic carbocycles. The first-order valence-electron chi connectivity index (χ1n) is 13.7. The van der Waals surface area contributed by atoms with E-state index in [0.717, 1.165) is 42.1 Å². The predicted molar refractivity (Wildman–Crippen MR) is 161 cm³/mol. The molecule has 1 aromatic heterocycles. The Labute approximate surface area is 233 Å². The molecule has 39 heavy (non-hydrogen) atoms. The summed E-state index contributed by atoms with van der Waals surface area (Å²) < 4.78 is 2.16. The fraction of sp³-hybridized carbons (Fsp3) is 0.242. The van der Waals surface area contributed by atoms with Gasteiger partial charge in [0.15, 0.2) is 0 Å². The topological polar surface area (TPSA) is 86.1 Å². The average molecular weight is 535 g/mol. The van der Waals surface area contributed by atoms with E-state index in [-0.39, 0.29) is 18.0 Å². The fourth-order valence-corrected chi connectivity index (χ4v) is 6.61. The third-order valence-electron chi connectivity index (χ3n) is 7.77. The van der Waals surface area contributed by atoms with Crippen molar-refractivity contribution in [1.29, 1.82) is 0 Å². The van der Waals surface area contributed by atoms with Gasteiger partial charge in [0.1, 0.15) is 5.69 Å². The molecule has 1 saturated carbocycles. The summed E-state index contributed by atoms with van der Waals surface area (Å²) in [6, 6.07) is 32.1. The van der Waals surface area contributed by atoms with Crippen molar-refractivity contribution in [3.8, 4) is 0 Å². The summed E-state index contributed by atoms with van der Waals surface area (Å²) in [5, 5.41) is 6.74. The number of fused-ring (bicyclic) bond motifs is 2. The molecule has 0 radical (unpaired) electrons. The Hall–Kier alpha value is -3.58. The van der Waals surface area contributed by atoms with Gasteiger partial charge in [-0.05, 0) is 84.0 Å². The van der Waals surface area contributed by atoms with E-state index < -0.39 is 0 Å². The number of nitrogens with one attached hydrogen (secondary N) is 1. The zero-order valence-corrected chi connectivity index (χ0v) is 22.8. The Morgan fingerprint density at radius 2 is 1.62 bits per heavy atom. The minimum atomic E-state index is -0.0277. The second-order valence-electron chi connectivity index (χ2n) is 10.5. The van der Waals surface area contributed by atoms with Gasteiger partial charge in [-0.1, -0.05) is 66.4 Å². The highest BCUT2D eigenvalue weighted by atomic mass is 32.2. The molecule has 0 atom stereocenters. The summed E-state index contributed by atoms with van der Waals surface area (Å²) in [7, 11) is 0. The Bertz CT molecular complexity index is 1620. The molecule has 5 N–H and O–H groups in total. The predicted octanol–water partition coefficient (Wildman–Crippen LogP) is 6.45. The quantitative estimate of drug-likeness (QED) is 0.224. The minimum Gasteiger partial charge on any atom is -0.348 e. The van der Waals surface area contributed by atoms with E-state index >= 15 is 0 Å². The van der Waals surface area contributed by atoms with Crippen molar-refractivity contribution < 1.29 is 4.79 Å². The molecule has 4 aromatic carbocycles. The number of hydrogen-bond acceptors (Lipinski definition) is 4. The van der Waals surface area contributed by atoms with Crippen molar-refractivity contribution in [3.05, 3.63) is 108 Å². The van der Waals surface area contributed by atoms with Gasteiger partial charge < -0.3 is 21.4 Å². The van der Waals surface area contributed by atoms with Crippen LogP contribution in [0.2, 0.25) is 0 Å². The maximum Gasteiger partial charge on any atom is 0.268 e. The molecule has 0 bridgehead atoms. The molecule has 6 rings (SSSR count). The highest BCUT2D eigenvalue weighted by Crippen LogP contribution is 2.33. The van der Waals surface area contributed by atoms with Crippen molar-refractivity contribution in [3.63, 3.8) is 0 Å². The zero-order chi connectivity index (χ0) is 26.8. The van der Waals surface area contributed by atoms with Gasteiger partial charge in [-0.15, -0.1) is 0 Å². The monoisotopic (exact) mass is 534 g/mol. The first-order chi connectivity index (χ1) is 19.1. The lowest BCUT2D eigenvalue weighted by molar-refractivity contribution is 0.0917. The molecule has 1 heterocycles. The number of nitrogens with two attached hydrogens (primary N) is 2. The Morgan fingerprint density at radius 3 is 2.41 bits per heavy atom. The second-order valence-corrected chi connectivity index (χ2v) is 11.7.